The van der Waals surface area contributed by atoms with E-state index in [2.05, 4.69) is 193 Å². The van der Waals surface area contributed by atoms with Crippen LogP contribution in [0, 0.1) is 0 Å². The SMILES string of the molecule is CCCCCCCCC1(CCCCCCCC)c2cc(Br)ccc2-c2cc3c(cc21)C1=C2C(=O)N4C=C(c5ccccc5)c5cc6c(cc5C4=C2C(=O)N1C=C3c1ccccc1)C(CCCCCCCC)(CCCCCCCC)c1cc(Br)ccc1-6. The molecule has 0 N–H and O–H groups in total. The van der Waals surface area contributed by atoms with Crippen LogP contribution < -0.4 is 0 Å². The number of carbonyl (C=O) groups is 2. The highest BCUT2D eigenvalue weighted by molar-refractivity contribution is 9.10. The molecule has 6 aromatic carbocycles. The van der Waals surface area contributed by atoms with Crippen LogP contribution in [0.2, 0.25) is 0 Å². The van der Waals surface area contributed by atoms with Crippen molar-refractivity contribution in [2.24, 2.45) is 0 Å². The van der Waals surface area contributed by atoms with E-state index >= 15 is 9.59 Å². The Morgan fingerprint density at radius 2 is 0.640 bits per heavy atom. The summed E-state index contributed by atoms with van der Waals surface area (Å²) in [4.78, 5) is 36.4. The van der Waals surface area contributed by atoms with Crippen molar-refractivity contribution in [2.75, 3.05) is 0 Å². The lowest BCUT2D eigenvalue weighted by atomic mass is 9.69. The molecule has 0 saturated heterocycles. The summed E-state index contributed by atoms with van der Waals surface area (Å²) in [6, 6.07) is 45.2. The molecule has 0 atom stereocenters. The number of hydrogen-bond donors (Lipinski definition) is 0. The largest absolute Gasteiger partial charge is 0.282 e. The number of fused-ring (bicyclic) bond motifs is 13. The number of halogens is 2. The van der Waals surface area contributed by atoms with Crippen molar-refractivity contribution in [1.82, 2.24) is 9.80 Å². The third kappa shape index (κ3) is 11.2. The van der Waals surface area contributed by atoms with Crippen LogP contribution in [0.1, 0.15) is 263 Å². The van der Waals surface area contributed by atoms with Gasteiger partial charge in [-0.2, -0.15) is 0 Å². The number of amides is 2. The smallest absolute Gasteiger partial charge is 0.265 e. The molecule has 4 heterocycles. The first-order valence-corrected chi connectivity index (χ1v) is 35.5. The minimum Gasteiger partial charge on any atom is -0.282 e. The first kappa shape index (κ1) is 60.5. The van der Waals surface area contributed by atoms with Crippen molar-refractivity contribution < 1.29 is 9.59 Å². The van der Waals surface area contributed by atoms with Gasteiger partial charge in [-0.3, -0.25) is 19.4 Å². The van der Waals surface area contributed by atoms with Crippen LogP contribution in [0.4, 0.5) is 0 Å². The Morgan fingerprint density at radius 3 is 0.977 bits per heavy atom. The van der Waals surface area contributed by atoms with Crippen molar-refractivity contribution in [1.29, 1.82) is 0 Å². The molecule has 4 nitrogen and oxygen atoms in total. The molecule has 0 saturated carbocycles. The summed E-state index contributed by atoms with van der Waals surface area (Å²) in [5, 5.41) is 0. The molecule has 0 bridgehead atoms. The summed E-state index contributed by atoms with van der Waals surface area (Å²) in [6.45, 7) is 9.22. The molecule has 0 spiro atoms. The van der Waals surface area contributed by atoms with E-state index < -0.39 is 0 Å². The van der Waals surface area contributed by atoms with E-state index in [1.165, 1.54) is 173 Å². The number of nitrogens with zero attached hydrogens (tertiary/aromatic N) is 2. The van der Waals surface area contributed by atoms with E-state index in [1.54, 1.807) is 0 Å². The number of benzene rings is 6. The summed E-state index contributed by atoms with van der Waals surface area (Å²) in [5.41, 5.74) is 21.1. The zero-order valence-electron chi connectivity index (χ0n) is 52.0. The number of unbranched alkanes of at least 4 members (excludes halogenated alkanes) is 20. The quantitative estimate of drug-likeness (QED) is 0.0422. The van der Waals surface area contributed by atoms with Gasteiger partial charge < -0.3 is 0 Å². The Bertz CT molecular complexity index is 3370. The first-order valence-electron chi connectivity index (χ1n) is 33.9. The third-order valence-electron chi connectivity index (χ3n) is 20.6. The maximum absolute atomic E-state index is 16.3. The predicted octanol–water partition coefficient (Wildman–Crippen LogP) is 23.4. The summed E-state index contributed by atoms with van der Waals surface area (Å²) in [7, 11) is 0. The maximum atomic E-state index is 16.3. The van der Waals surface area contributed by atoms with E-state index in [0.29, 0.717) is 11.1 Å². The summed E-state index contributed by atoms with van der Waals surface area (Å²) >= 11 is 7.98. The standard InChI is InChI=1S/C80H90Br2N2O2/c1-5-9-13-17-21-31-43-79(44-32-22-18-14-10-6-2)69-47-57(81)39-41-59(69)63-49-61-65(51-71(63)79)75-73-74(78(86)83(75)53-67(61)55-35-27-25-28-36-55)76-66-52-72-64(50-62(66)68(54-84(76)77(73)85)56-37-29-26-30-38-56)60-42-40-58(82)48-70(60)80(72,45-33-23-19-15-11-7-3)46-34-24-20-16-12-8-4/h25-30,35-42,47-54H,5-24,31-34,43-46H2,1-4H3. The van der Waals surface area contributed by atoms with Gasteiger partial charge in [0.15, 0.2) is 0 Å². The monoisotopic (exact) mass is 1270 g/mol. The van der Waals surface area contributed by atoms with Gasteiger partial charge in [0.1, 0.15) is 0 Å². The maximum Gasteiger partial charge on any atom is 0.265 e. The number of carbonyl (C=O) groups excluding carboxylic acids is 2. The Kier molecular flexibility index (Phi) is 18.9. The summed E-state index contributed by atoms with van der Waals surface area (Å²) in [6.07, 6.45) is 38.2. The highest BCUT2D eigenvalue weighted by Crippen LogP contribution is 2.62. The molecule has 2 amide bonds. The lowest BCUT2D eigenvalue weighted by Gasteiger charge is -2.35. The highest BCUT2D eigenvalue weighted by atomic mass is 79.9. The normalized spacial score (nSPS) is 16.2. The Labute approximate surface area is 532 Å². The number of hydrogen-bond acceptors (Lipinski definition) is 2. The molecule has 0 unspecified atom stereocenters. The van der Waals surface area contributed by atoms with Gasteiger partial charge in [-0.1, -0.05) is 286 Å². The zero-order valence-corrected chi connectivity index (χ0v) is 55.1. The zero-order chi connectivity index (χ0) is 59.4. The molecular formula is C80H90Br2N2O2. The van der Waals surface area contributed by atoms with E-state index in [4.69, 9.17) is 0 Å². The molecule has 2 aliphatic carbocycles. The van der Waals surface area contributed by atoms with E-state index in [-0.39, 0.29) is 22.6 Å². The van der Waals surface area contributed by atoms with Gasteiger partial charge in [0.05, 0.1) is 22.5 Å². The Morgan fingerprint density at radius 1 is 0.326 bits per heavy atom. The van der Waals surface area contributed by atoms with Gasteiger partial charge in [-0.05, 0) is 141 Å². The van der Waals surface area contributed by atoms with Crippen molar-refractivity contribution in [2.45, 2.75) is 218 Å². The van der Waals surface area contributed by atoms with Crippen LogP contribution >= 0.6 is 31.9 Å². The molecule has 6 aliphatic rings. The summed E-state index contributed by atoms with van der Waals surface area (Å²) < 4.78 is 2.23. The summed E-state index contributed by atoms with van der Waals surface area (Å²) in [5.74, 6) is -0.252. The number of rotatable bonds is 30. The van der Waals surface area contributed by atoms with Crippen LogP contribution in [0.15, 0.2) is 154 Å². The van der Waals surface area contributed by atoms with E-state index in [9.17, 15) is 0 Å². The third-order valence-corrected chi connectivity index (χ3v) is 21.6. The second-order valence-electron chi connectivity index (χ2n) is 26.1. The van der Waals surface area contributed by atoms with Crippen molar-refractivity contribution in [3.63, 3.8) is 0 Å². The molecule has 6 heteroatoms. The molecule has 0 radical (unpaired) electrons. The average molecular weight is 1270 g/mol. The van der Waals surface area contributed by atoms with Gasteiger partial charge >= 0.3 is 0 Å². The van der Waals surface area contributed by atoms with Crippen molar-refractivity contribution >= 4 is 66.2 Å². The molecule has 6 aromatic rings. The molecular weight excluding hydrogens is 1180 g/mol. The van der Waals surface area contributed by atoms with Crippen molar-refractivity contribution in [3.05, 3.63) is 209 Å². The minimum atomic E-state index is -0.221. The molecule has 86 heavy (non-hydrogen) atoms. The van der Waals surface area contributed by atoms with Gasteiger partial charge in [0.2, 0.25) is 0 Å². The van der Waals surface area contributed by atoms with Crippen LogP contribution in [-0.4, -0.2) is 21.6 Å². The Hall–Kier alpha value is -5.82. The molecule has 4 aliphatic heterocycles. The van der Waals surface area contributed by atoms with Crippen molar-refractivity contribution in [3.8, 4) is 22.3 Å². The molecule has 0 aromatic heterocycles. The van der Waals surface area contributed by atoms with Crippen LogP contribution in [0.25, 0.3) is 44.8 Å². The van der Waals surface area contributed by atoms with Crippen LogP contribution in [0.3, 0.4) is 0 Å². The molecule has 12 rings (SSSR count). The fraction of sp³-hybridized carbons (Fsp3) is 0.425. The van der Waals surface area contributed by atoms with Crippen LogP contribution in [-0.2, 0) is 20.4 Å². The fourth-order valence-electron chi connectivity index (χ4n) is 16.2. The van der Waals surface area contributed by atoms with E-state index in [1.807, 2.05) is 9.80 Å². The minimum absolute atomic E-state index is 0.126. The average Bonchev–Trinajstić information content (AvgIpc) is 1.60. The van der Waals surface area contributed by atoms with Gasteiger partial charge in [-0.25, -0.2) is 0 Å². The van der Waals surface area contributed by atoms with E-state index in [0.717, 1.165) is 116 Å². The van der Waals surface area contributed by atoms with Gasteiger partial charge in [-0.15, -0.1) is 0 Å². The topological polar surface area (TPSA) is 40.6 Å². The lowest BCUT2D eigenvalue weighted by Crippen LogP contribution is -2.30. The van der Waals surface area contributed by atoms with Crippen LogP contribution in [0.5, 0.6) is 0 Å². The second-order valence-corrected chi connectivity index (χ2v) is 27.9. The second kappa shape index (κ2) is 26.9. The fourth-order valence-corrected chi connectivity index (χ4v) is 16.9. The molecule has 446 valence electrons. The highest BCUT2D eigenvalue weighted by Gasteiger charge is 2.54. The lowest BCUT2D eigenvalue weighted by molar-refractivity contribution is -0.122. The predicted molar refractivity (Wildman–Crippen MR) is 367 cm³/mol. The molecule has 0 fully saturated rings. The van der Waals surface area contributed by atoms with Gasteiger partial charge in [0, 0.05) is 54.4 Å². The first-order chi connectivity index (χ1) is 42.2. The van der Waals surface area contributed by atoms with Gasteiger partial charge in [0.25, 0.3) is 11.8 Å². The Balaban J connectivity index is 1.07.